The van der Waals surface area contributed by atoms with Crippen LogP contribution in [-0.4, -0.2) is 22.1 Å². The van der Waals surface area contributed by atoms with Gasteiger partial charge in [0.2, 0.25) is 0 Å². The van der Waals surface area contributed by atoms with Gasteiger partial charge in [-0.25, -0.2) is 0 Å². The summed E-state index contributed by atoms with van der Waals surface area (Å²) in [6.45, 7) is 2.03. The highest BCUT2D eigenvalue weighted by molar-refractivity contribution is 5.95. The molecule has 160 valence electrons. The Kier molecular flexibility index (Phi) is 6.88. The summed E-state index contributed by atoms with van der Waals surface area (Å²) in [6.07, 6.45) is 1.82. The van der Waals surface area contributed by atoms with E-state index in [4.69, 9.17) is 0 Å². The van der Waals surface area contributed by atoms with Gasteiger partial charge in [-0.3, -0.25) is 4.79 Å². The molecule has 5 nitrogen and oxygen atoms in total. The number of anilines is 2. The average Bonchev–Trinajstić information content (AvgIpc) is 2.84. The van der Waals surface area contributed by atoms with Crippen molar-refractivity contribution < 1.29 is 4.79 Å². The van der Waals surface area contributed by atoms with Gasteiger partial charge in [0, 0.05) is 22.9 Å². The summed E-state index contributed by atoms with van der Waals surface area (Å²) in [6, 6.07) is 31.5. The highest BCUT2D eigenvalue weighted by Gasteiger charge is 2.11. The molecule has 0 spiro atoms. The molecule has 3 aromatic carbocycles. The zero-order chi connectivity index (χ0) is 22.2. The van der Waals surface area contributed by atoms with Crippen molar-refractivity contribution in [2.45, 2.75) is 25.8 Å². The molecule has 0 saturated heterocycles. The van der Waals surface area contributed by atoms with Crippen LogP contribution in [0, 0.1) is 0 Å². The molecule has 32 heavy (non-hydrogen) atoms. The van der Waals surface area contributed by atoms with E-state index in [0.29, 0.717) is 11.4 Å². The lowest BCUT2D eigenvalue weighted by molar-refractivity contribution is 0.0938. The van der Waals surface area contributed by atoms with Gasteiger partial charge in [0.25, 0.3) is 5.91 Å². The molecule has 0 aliphatic rings. The largest absolute Gasteiger partial charge is 0.350 e. The minimum atomic E-state index is -0.0836. The van der Waals surface area contributed by atoms with E-state index in [1.165, 1.54) is 5.56 Å². The van der Waals surface area contributed by atoms with Crippen molar-refractivity contribution in [1.29, 1.82) is 0 Å². The summed E-state index contributed by atoms with van der Waals surface area (Å²) in [5, 5.41) is 14.9. The van der Waals surface area contributed by atoms with Crippen LogP contribution < -0.4 is 10.6 Å². The average molecular weight is 423 g/mol. The first kappa shape index (κ1) is 21.2. The van der Waals surface area contributed by atoms with Crippen LogP contribution in [-0.2, 0) is 6.42 Å². The van der Waals surface area contributed by atoms with Gasteiger partial charge in [0.1, 0.15) is 0 Å². The number of rotatable bonds is 8. The van der Waals surface area contributed by atoms with E-state index in [1.807, 2.05) is 91.9 Å². The Balaban J connectivity index is 1.35. The topological polar surface area (TPSA) is 66.9 Å². The van der Waals surface area contributed by atoms with Gasteiger partial charge in [0.05, 0.1) is 5.69 Å². The van der Waals surface area contributed by atoms with E-state index in [2.05, 4.69) is 33.0 Å². The maximum Gasteiger partial charge on any atom is 0.251 e. The van der Waals surface area contributed by atoms with Gasteiger partial charge in [-0.2, -0.15) is 0 Å². The molecular weight excluding hydrogens is 396 g/mol. The molecule has 0 aliphatic carbocycles. The quantitative estimate of drug-likeness (QED) is 0.386. The number of carbonyl (C=O) groups is 1. The predicted octanol–water partition coefficient (Wildman–Crippen LogP) is 5.64. The zero-order valence-electron chi connectivity index (χ0n) is 18.0. The molecule has 5 heteroatoms. The maximum atomic E-state index is 12.7. The molecule has 1 amide bonds. The van der Waals surface area contributed by atoms with E-state index < -0.39 is 0 Å². The predicted molar refractivity (Wildman–Crippen MR) is 129 cm³/mol. The van der Waals surface area contributed by atoms with Crippen LogP contribution in [0.2, 0.25) is 0 Å². The Morgan fingerprint density at radius 3 is 2.31 bits per heavy atom. The maximum absolute atomic E-state index is 12.7. The smallest absolute Gasteiger partial charge is 0.251 e. The molecule has 4 aromatic rings. The van der Waals surface area contributed by atoms with E-state index in [-0.39, 0.29) is 11.9 Å². The molecule has 0 bridgehead atoms. The molecule has 0 radical (unpaired) electrons. The minimum absolute atomic E-state index is 0.0794. The summed E-state index contributed by atoms with van der Waals surface area (Å²) in [5.74, 6) is 0.540. The summed E-state index contributed by atoms with van der Waals surface area (Å²) in [7, 11) is 0. The van der Waals surface area contributed by atoms with Crippen molar-refractivity contribution in [3.8, 4) is 11.3 Å². The van der Waals surface area contributed by atoms with Crippen LogP contribution in [0.1, 0.15) is 29.3 Å². The van der Waals surface area contributed by atoms with Crippen molar-refractivity contribution in [1.82, 2.24) is 15.5 Å². The zero-order valence-corrected chi connectivity index (χ0v) is 18.0. The highest BCUT2D eigenvalue weighted by atomic mass is 16.1. The second-order valence-corrected chi connectivity index (χ2v) is 7.77. The fourth-order valence-corrected chi connectivity index (χ4v) is 3.46. The Morgan fingerprint density at radius 1 is 0.844 bits per heavy atom. The highest BCUT2D eigenvalue weighted by Crippen LogP contribution is 2.19. The lowest BCUT2D eigenvalue weighted by atomic mass is 10.1. The molecule has 0 aliphatic heterocycles. The lowest BCUT2D eigenvalue weighted by Crippen LogP contribution is -2.32. The number of hydrogen-bond donors (Lipinski definition) is 2. The van der Waals surface area contributed by atoms with Gasteiger partial charge in [-0.15, -0.1) is 10.2 Å². The number of aryl methyl sites for hydroxylation is 1. The number of carbonyl (C=O) groups excluding carboxylic acids is 1. The molecular formula is C27H26N4O. The van der Waals surface area contributed by atoms with Gasteiger partial charge in [-0.1, -0.05) is 66.7 Å². The lowest BCUT2D eigenvalue weighted by Gasteiger charge is -2.14. The molecule has 1 atom stereocenters. The first-order chi connectivity index (χ1) is 15.7. The van der Waals surface area contributed by atoms with Crippen molar-refractivity contribution in [3.63, 3.8) is 0 Å². The standard InChI is InChI=1S/C27H26N4O/c1-20(15-16-21-9-4-2-5-10-21)28-27(32)23-13-8-14-24(19-23)29-26-18-17-25(30-31-26)22-11-6-3-7-12-22/h2-14,17-20H,15-16H2,1H3,(H,28,32)(H,29,31)/t20-/m1/s1. The van der Waals surface area contributed by atoms with E-state index in [1.54, 1.807) is 0 Å². The van der Waals surface area contributed by atoms with Crippen molar-refractivity contribution >= 4 is 17.4 Å². The number of nitrogens with zero attached hydrogens (tertiary/aromatic N) is 2. The normalized spacial score (nSPS) is 11.5. The third-order valence-electron chi connectivity index (χ3n) is 5.22. The monoisotopic (exact) mass is 422 g/mol. The molecule has 1 aromatic heterocycles. The third kappa shape index (κ3) is 5.79. The molecule has 0 saturated carbocycles. The second kappa shape index (κ2) is 10.4. The SMILES string of the molecule is C[C@H](CCc1ccccc1)NC(=O)c1cccc(Nc2ccc(-c3ccccc3)nn2)c1. The molecule has 4 rings (SSSR count). The fourth-order valence-electron chi connectivity index (χ4n) is 3.46. The van der Waals surface area contributed by atoms with Crippen molar-refractivity contribution in [3.05, 3.63) is 108 Å². The molecule has 1 heterocycles. The number of aromatic nitrogens is 2. The summed E-state index contributed by atoms with van der Waals surface area (Å²) in [5.41, 5.74) is 4.51. The Bertz CT molecular complexity index is 1150. The minimum Gasteiger partial charge on any atom is -0.350 e. The van der Waals surface area contributed by atoms with Crippen LogP contribution in [0.4, 0.5) is 11.5 Å². The first-order valence-corrected chi connectivity index (χ1v) is 10.8. The fraction of sp³-hybridized carbons (Fsp3) is 0.148. The summed E-state index contributed by atoms with van der Waals surface area (Å²) in [4.78, 5) is 12.7. The number of amides is 1. The van der Waals surface area contributed by atoms with Crippen LogP contribution in [0.3, 0.4) is 0 Å². The first-order valence-electron chi connectivity index (χ1n) is 10.8. The van der Waals surface area contributed by atoms with Crippen LogP contribution in [0.5, 0.6) is 0 Å². The molecule has 0 unspecified atom stereocenters. The number of nitrogens with one attached hydrogen (secondary N) is 2. The number of hydrogen-bond acceptors (Lipinski definition) is 4. The third-order valence-corrected chi connectivity index (χ3v) is 5.22. The van der Waals surface area contributed by atoms with E-state index in [0.717, 1.165) is 29.8 Å². The van der Waals surface area contributed by atoms with Crippen LogP contribution >= 0.6 is 0 Å². The van der Waals surface area contributed by atoms with Gasteiger partial charge >= 0.3 is 0 Å². The Hall–Kier alpha value is -3.99. The van der Waals surface area contributed by atoms with Crippen molar-refractivity contribution in [2.75, 3.05) is 5.32 Å². The summed E-state index contributed by atoms with van der Waals surface area (Å²) < 4.78 is 0. The number of benzene rings is 3. The van der Waals surface area contributed by atoms with Crippen molar-refractivity contribution in [2.24, 2.45) is 0 Å². The van der Waals surface area contributed by atoms with Crippen LogP contribution in [0.15, 0.2) is 97.1 Å². The summed E-state index contributed by atoms with van der Waals surface area (Å²) >= 11 is 0. The Labute approximate surface area is 188 Å². The molecule has 2 N–H and O–H groups in total. The van der Waals surface area contributed by atoms with Gasteiger partial charge in [-0.05, 0) is 55.7 Å². The Morgan fingerprint density at radius 2 is 1.59 bits per heavy atom. The van der Waals surface area contributed by atoms with Gasteiger partial charge in [0.15, 0.2) is 5.82 Å². The van der Waals surface area contributed by atoms with Crippen LogP contribution in [0.25, 0.3) is 11.3 Å². The van der Waals surface area contributed by atoms with Gasteiger partial charge < -0.3 is 10.6 Å². The second-order valence-electron chi connectivity index (χ2n) is 7.77. The van der Waals surface area contributed by atoms with E-state index >= 15 is 0 Å². The van der Waals surface area contributed by atoms with E-state index in [9.17, 15) is 4.79 Å². The molecule has 0 fully saturated rings.